The van der Waals surface area contributed by atoms with Crippen molar-refractivity contribution in [1.29, 1.82) is 0 Å². The lowest BCUT2D eigenvalue weighted by molar-refractivity contribution is 0.0734. The molecule has 0 atom stereocenters. The highest BCUT2D eigenvalue weighted by Gasteiger charge is 2.21. The minimum atomic E-state index is -0.129. The van der Waals surface area contributed by atoms with Gasteiger partial charge in [-0.1, -0.05) is 60.7 Å². The molecule has 6 heteroatoms. The molecule has 0 aliphatic carbocycles. The predicted octanol–water partition coefficient (Wildman–Crippen LogP) is 3.60. The van der Waals surface area contributed by atoms with Crippen molar-refractivity contribution in [3.8, 4) is 11.3 Å². The summed E-state index contributed by atoms with van der Waals surface area (Å²) in [5.74, 6) is -0.129. The number of carbonyl (C=O) groups is 1. The summed E-state index contributed by atoms with van der Waals surface area (Å²) in [6, 6.07) is 21.7. The maximum absolute atomic E-state index is 13.3. The van der Waals surface area contributed by atoms with Gasteiger partial charge in [0.2, 0.25) is 0 Å². The van der Waals surface area contributed by atoms with E-state index >= 15 is 0 Å². The number of aromatic nitrogens is 3. The molecule has 0 radical (unpaired) electrons. The third-order valence-corrected chi connectivity index (χ3v) is 5.12. The van der Waals surface area contributed by atoms with E-state index in [4.69, 9.17) is 4.98 Å². The first-order chi connectivity index (χ1) is 14.7. The fourth-order valence-corrected chi connectivity index (χ4v) is 3.55. The lowest BCUT2D eigenvalue weighted by atomic mass is 10.1. The van der Waals surface area contributed by atoms with Crippen molar-refractivity contribution < 1.29 is 9.90 Å². The number of rotatable bonds is 7. The fourth-order valence-electron chi connectivity index (χ4n) is 3.55. The van der Waals surface area contributed by atoms with Crippen LogP contribution in [0.1, 0.15) is 22.8 Å². The van der Waals surface area contributed by atoms with Crippen molar-refractivity contribution in [2.75, 3.05) is 19.7 Å². The maximum Gasteiger partial charge on any atom is 0.254 e. The number of hydrogen-bond acceptors (Lipinski definition) is 4. The van der Waals surface area contributed by atoms with E-state index in [1.54, 1.807) is 11.1 Å². The van der Waals surface area contributed by atoms with E-state index in [1.165, 1.54) is 0 Å². The van der Waals surface area contributed by atoms with Crippen LogP contribution in [0.15, 0.2) is 72.9 Å². The van der Waals surface area contributed by atoms with Crippen LogP contribution < -0.4 is 0 Å². The van der Waals surface area contributed by atoms with Crippen LogP contribution in [-0.2, 0) is 6.54 Å². The Bertz CT molecular complexity index is 1140. The van der Waals surface area contributed by atoms with Crippen molar-refractivity contribution in [1.82, 2.24) is 19.7 Å². The van der Waals surface area contributed by atoms with Crippen LogP contribution in [0.4, 0.5) is 0 Å². The van der Waals surface area contributed by atoms with E-state index in [1.807, 2.05) is 78.3 Å². The molecule has 2 aromatic carbocycles. The van der Waals surface area contributed by atoms with Crippen LogP contribution in [0.2, 0.25) is 0 Å². The first-order valence-corrected chi connectivity index (χ1v) is 10.1. The molecule has 152 valence electrons. The summed E-state index contributed by atoms with van der Waals surface area (Å²) in [7, 11) is 0. The molecule has 0 unspecified atom stereocenters. The summed E-state index contributed by atoms with van der Waals surface area (Å²) in [6.07, 6.45) is 1.71. The third kappa shape index (κ3) is 3.95. The van der Waals surface area contributed by atoms with Crippen LogP contribution in [0.3, 0.4) is 0 Å². The van der Waals surface area contributed by atoms with Crippen molar-refractivity contribution in [2.24, 2.45) is 0 Å². The Kier molecular flexibility index (Phi) is 5.86. The highest BCUT2D eigenvalue weighted by Crippen LogP contribution is 2.26. The number of aliphatic hydroxyl groups excluding tert-OH is 1. The summed E-state index contributed by atoms with van der Waals surface area (Å²) in [4.78, 5) is 19.8. The third-order valence-electron chi connectivity index (χ3n) is 5.12. The Balaban J connectivity index is 1.86. The van der Waals surface area contributed by atoms with Gasteiger partial charge < -0.3 is 10.0 Å². The largest absolute Gasteiger partial charge is 0.395 e. The van der Waals surface area contributed by atoms with Gasteiger partial charge in [0.05, 0.1) is 36.0 Å². The van der Waals surface area contributed by atoms with Crippen molar-refractivity contribution in [3.63, 3.8) is 0 Å². The molecule has 4 rings (SSSR count). The summed E-state index contributed by atoms with van der Waals surface area (Å²) in [5, 5.41) is 14.6. The molecule has 0 spiro atoms. The lowest BCUT2D eigenvalue weighted by Crippen LogP contribution is -2.33. The zero-order chi connectivity index (χ0) is 20.9. The molecule has 4 aromatic rings. The average Bonchev–Trinajstić information content (AvgIpc) is 3.20. The van der Waals surface area contributed by atoms with E-state index in [2.05, 4.69) is 5.10 Å². The van der Waals surface area contributed by atoms with Crippen molar-refractivity contribution >= 4 is 16.9 Å². The zero-order valence-electron chi connectivity index (χ0n) is 16.9. The second-order valence-electron chi connectivity index (χ2n) is 7.05. The average molecular weight is 400 g/mol. The molecule has 0 saturated carbocycles. The van der Waals surface area contributed by atoms with Gasteiger partial charge in [-0.2, -0.15) is 5.10 Å². The van der Waals surface area contributed by atoms with Gasteiger partial charge in [0.15, 0.2) is 5.65 Å². The SMILES string of the molecule is CCN(CCO)C(=O)c1cc(-c2ccccc2)nc2c1cnn2Cc1ccccc1. The molecule has 6 nitrogen and oxygen atoms in total. The molecule has 0 aliphatic rings. The van der Waals surface area contributed by atoms with Crippen LogP contribution >= 0.6 is 0 Å². The normalized spacial score (nSPS) is 11.0. The molecule has 0 bridgehead atoms. The second-order valence-corrected chi connectivity index (χ2v) is 7.05. The first kappa shape index (κ1) is 19.8. The number of aliphatic hydroxyl groups is 1. The van der Waals surface area contributed by atoms with E-state index in [0.717, 1.165) is 16.8 Å². The molecule has 2 aromatic heterocycles. The molecule has 2 heterocycles. The Hall–Kier alpha value is -3.51. The van der Waals surface area contributed by atoms with Gasteiger partial charge in [0.1, 0.15) is 0 Å². The summed E-state index contributed by atoms with van der Waals surface area (Å²) in [6.45, 7) is 3.20. The molecular weight excluding hydrogens is 376 g/mol. The van der Waals surface area contributed by atoms with Gasteiger partial charge in [0.25, 0.3) is 5.91 Å². The van der Waals surface area contributed by atoms with E-state index in [9.17, 15) is 9.90 Å². The Morgan fingerprint density at radius 2 is 1.77 bits per heavy atom. The van der Waals surface area contributed by atoms with Gasteiger partial charge in [-0.25, -0.2) is 9.67 Å². The van der Waals surface area contributed by atoms with Crippen LogP contribution in [0.5, 0.6) is 0 Å². The standard InChI is InChI=1S/C24H24N4O2/c1-2-27(13-14-29)24(30)20-15-22(19-11-7-4-8-12-19)26-23-21(20)16-25-28(23)17-18-9-5-3-6-10-18/h3-12,15-16,29H,2,13-14,17H2,1H3. The number of pyridine rings is 1. The van der Waals surface area contributed by atoms with Crippen LogP contribution in [0, 0.1) is 0 Å². The minimum Gasteiger partial charge on any atom is -0.395 e. The number of likely N-dealkylation sites (N-methyl/N-ethyl adjacent to an activating group) is 1. The van der Waals surface area contributed by atoms with Gasteiger partial charge in [-0.3, -0.25) is 4.79 Å². The zero-order valence-corrected chi connectivity index (χ0v) is 16.9. The number of nitrogens with zero attached hydrogens (tertiary/aromatic N) is 4. The molecule has 0 aliphatic heterocycles. The molecule has 30 heavy (non-hydrogen) atoms. The second kappa shape index (κ2) is 8.88. The van der Waals surface area contributed by atoms with Crippen molar-refractivity contribution in [2.45, 2.75) is 13.5 Å². The highest BCUT2D eigenvalue weighted by molar-refractivity contribution is 6.06. The number of carbonyl (C=O) groups excluding carboxylic acids is 1. The van der Waals surface area contributed by atoms with Gasteiger partial charge in [-0.05, 0) is 18.6 Å². The fraction of sp³-hybridized carbons (Fsp3) is 0.208. The Labute approximate surface area is 175 Å². The quantitative estimate of drug-likeness (QED) is 0.515. The van der Waals surface area contributed by atoms with Gasteiger partial charge in [-0.15, -0.1) is 0 Å². The van der Waals surface area contributed by atoms with E-state index < -0.39 is 0 Å². The van der Waals surface area contributed by atoms with E-state index in [0.29, 0.717) is 29.7 Å². The summed E-state index contributed by atoms with van der Waals surface area (Å²) >= 11 is 0. The number of hydrogen-bond donors (Lipinski definition) is 1. The molecule has 0 saturated heterocycles. The molecule has 0 fully saturated rings. The first-order valence-electron chi connectivity index (χ1n) is 10.1. The molecule has 1 amide bonds. The lowest BCUT2D eigenvalue weighted by Gasteiger charge is -2.20. The predicted molar refractivity (Wildman–Crippen MR) is 117 cm³/mol. The van der Waals surface area contributed by atoms with E-state index in [-0.39, 0.29) is 19.1 Å². The Morgan fingerprint density at radius 1 is 1.07 bits per heavy atom. The molecular formula is C24H24N4O2. The topological polar surface area (TPSA) is 71.2 Å². The number of benzene rings is 2. The van der Waals surface area contributed by atoms with Gasteiger partial charge in [0, 0.05) is 18.7 Å². The van der Waals surface area contributed by atoms with Crippen molar-refractivity contribution in [3.05, 3.63) is 84.1 Å². The maximum atomic E-state index is 13.3. The molecule has 1 N–H and O–H groups in total. The number of fused-ring (bicyclic) bond motifs is 1. The van der Waals surface area contributed by atoms with Crippen LogP contribution in [0.25, 0.3) is 22.3 Å². The van der Waals surface area contributed by atoms with Gasteiger partial charge >= 0.3 is 0 Å². The van der Waals surface area contributed by atoms with Crippen LogP contribution in [-0.4, -0.2) is 50.4 Å². The summed E-state index contributed by atoms with van der Waals surface area (Å²) < 4.78 is 1.83. The minimum absolute atomic E-state index is 0.0768. The summed E-state index contributed by atoms with van der Waals surface area (Å²) in [5.41, 5.74) is 3.99. The monoisotopic (exact) mass is 400 g/mol. The number of amides is 1. The highest BCUT2D eigenvalue weighted by atomic mass is 16.3. The Morgan fingerprint density at radius 3 is 2.43 bits per heavy atom. The smallest absolute Gasteiger partial charge is 0.254 e.